The van der Waals surface area contributed by atoms with Gasteiger partial charge in [0, 0.05) is 21.5 Å². The molecule has 4 rings (SSSR count). The molecule has 0 aliphatic carbocycles. The number of fused-ring (bicyclic) bond motifs is 1. The van der Waals surface area contributed by atoms with E-state index in [1.165, 1.54) is 11.3 Å². The average Bonchev–Trinajstić information content (AvgIpc) is 3.31. The van der Waals surface area contributed by atoms with Crippen LogP contribution in [0.25, 0.3) is 0 Å². The summed E-state index contributed by atoms with van der Waals surface area (Å²) in [5.41, 5.74) is 0.393. The van der Waals surface area contributed by atoms with Gasteiger partial charge in [0.05, 0.1) is 10.5 Å². The van der Waals surface area contributed by atoms with E-state index < -0.39 is 24.2 Å². The molecule has 2 N–H and O–H groups in total. The summed E-state index contributed by atoms with van der Waals surface area (Å²) in [6.07, 6.45) is -4.71. The van der Waals surface area contributed by atoms with Gasteiger partial charge in [0.2, 0.25) is 0 Å². The number of nitrogens with one attached hydrogen (secondary N) is 2. The minimum absolute atomic E-state index is 0.114. The first-order valence-corrected chi connectivity index (χ1v) is 10.9. The molecule has 0 unspecified atom stereocenters. The number of rotatable bonds is 3. The molecule has 2 atom stereocenters. The minimum Gasteiger partial charge on any atom is -0.362 e. The molecular weight excluding hydrogens is 537 g/mol. The quantitative estimate of drug-likeness (QED) is 0.398. The van der Waals surface area contributed by atoms with Gasteiger partial charge in [0.1, 0.15) is 5.82 Å². The van der Waals surface area contributed by atoms with Gasteiger partial charge in [-0.2, -0.15) is 18.3 Å². The molecule has 0 spiro atoms. The third-order valence-electron chi connectivity index (χ3n) is 4.50. The summed E-state index contributed by atoms with van der Waals surface area (Å²) in [5, 5.41) is 11.6. The molecule has 152 valence electrons. The highest BCUT2D eigenvalue weighted by molar-refractivity contribution is 9.11. The fraction of sp³-hybridized carbons (Fsp3) is 0.222. The maximum Gasteiger partial charge on any atom is 0.410 e. The number of anilines is 2. The van der Waals surface area contributed by atoms with Crippen LogP contribution in [0.3, 0.4) is 0 Å². The van der Waals surface area contributed by atoms with Crippen LogP contribution >= 0.6 is 43.2 Å². The van der Waals surface area contributed by atoms with Gasteiger partial charge in [-0.3, -0.25) is 4.79 Å². The monoisotopic (exact) mass is 548 g/mol. The van der Waals surface area contributed by atoms with Crippen molar-refractivity contribution in [3.05, 3.63) is 61.3 Å². The van der Waals surface area contributed by atoms with Gasteiger partial charge in [-0.25, -0.2) is 4.68 Å². The number of hydrogen-bond donors (Lipinski definition) is 2. The molecule has 29 heavy (non-hydrogen) atoms. The Balaban J connectivity index is 1.69. The Hall–Kier alpha value is -1.85. The maximum atomic E-state index is 13.8. The molecule has 1 aliphatic heterocycles. The van der Waals surface area contributed by atoms with Crippen molar-refractivity contribution in [3.8, 4) is 0 Å². The van der Waals surface area contributed by atoms with Crippen molar-refractivity contribution in [1.29, 1.82) is 0 Å². The fourth-order valence-corrected chi connectivity index (χ4v) is 4.74. The summed E-state index contributed by atoms with van der Waals surface area (Å²) in [4.78, 5) is 13.5. The molecule has 0 bridgehead atoms. The van der Waals surface area contributed by atoms with E-state index in [0.29, 0.717) is 5.69 Å². The number of carbonyl (C=O) groups is 1. The van der Waals surface area contributed by atoms with Crippen LogP contribution in [-0.2, 0) is 0 Å². The molecule has 1 aromatic carbocycles. The van der Waals surface area contributed by atoms with Crippen molar-refractivity contribution in [2.45, 2.75) is 24.7 Å². The first-order chi connectivity index (χ1) is 13.7. The standard InChI is InChI=1S/C18H13Br2F3N4OS/c19-9-3-5-10(6-4-9)24-17(28)15-14(20)16-25-11(12-2-1-7-29-12)8-13(18(21,22)23)27(16)26-15/h1-7,11,13,25H,8H2,(H,24,28)/t11-,13-/m1/s1. The summed E-state index contributed by atoms with van der Waals surface area (Å²) in [5.74, 6) is -0.463. The fourth-order valence-electron chi connectivity index (χ4n) is 3.13. The van der Waals surface area contributed by atoms with E-state index in [1.807, 2.05) is 5.38 Å². The molecular formula is C18H13Br2F3N4OS. The first kappa shape index (κ1) is 20.4. The number of aromatic nitrogens is 2. The van der Waals surface area contributed by atoms with Crippen LogP contribution in [0.1, 0.15) is 33.9 Å². The van der Waals surface area contributed by atoms with E-state index in [-0.39, 0.29) is 22.4 Å². The normalized spacial score (nSPS) is 18.8. The number of alkyl halides is 3. The van der Waals surface area contributed by atoms with E-state index >= 15 is 0 Å². The molecule has 11 heteroatoms. The van der Waals surface area contributed by atoms with Gasteiger partial charge in [-0.05, 0) is 51.6 Å². The van der Waals surface area contributed by atoms with E-state index in [4.69, 9.17) is 0 Å². The molecule has 3 aromatic rings. The maximum absolute atomic E-state index is 13.8. The first-order valence-electron chi connectivity index (χ1n) is 8.45. The zero-order valence-electron chi connectivity index (χ0n) is 14.5. The Labute approximate surface area is 184 Å². The summed E-state index contributed by atoms with van der Waals surface area (Å²) < 4.78 is 43.2. The van der Waals surface area contributed by atoms with Crippen molar-refractivity contribution >= 4 is 60.6 Å². The second-order valence-electron chi connectivity index (χ2n) is 6.42. The molecule has 0 saturated carbocycles. The third kappa shape index (κ3) is 4.08. The van der Waals surface area contributed by atoms with E-state index in [9.17, 15) is 18.0 Å². The molecule has 0 saturated heterocycles. The summed E-state index contributed by atoms with van der Waals surface area (Å²) in [7, 11) is 0. The Kier molecular flexibility index (Phi) is 5.47. The molecule has 2 aromatic heterocycles. The van der Waals surface area contributed by atoms with E-state index in [0.717, 1.165) is 14.0 Å². The van der Waals surface area contributed by atoms with Gasteiger partial charge in [-0.1, -0.05) is 22.0 Å². The molecule has 0 fully saturated rings. The predicted molar refractivity (Wildman–Crippen MR) is 112 cm³/mol. The predicted octanol–water partition coefficient (Wildman–Crippen LogP) is 6.38. The number of hydrogen-bond acceptors (Lipinski definition) is 4. The highest BCUT2D eigenvalue weighted by atomic mass is 79.9. The van der Waals surface area contributed by atoms with E-state index in [2.05, 4.69) is 47.6 Å². The number of nitrogens with zero attached hydrogens (tertiary/aromatic N) is 2. The minimum atomic E-state index is -4.50. The lowest BCUT2D eigenvalue weighted by atomic mass is 10.0. The summed E-state index contributed by atoms with van der Waals surface area (Å²) in [6.45, 7) is 0. The molecule has 3 heterocycles. The Bertz CT molecular complexity index is 1030. The second-order valence-corrected chi connectivity index (χ2v) is 9.11. The van der Waals surface area contributed by atoms with Crippen molar-refractivity contribution in [2.75, 3.05) is 10.6 Å². The van der Waals surface area contributed by atoms with Crippen molar-refractivity contribution in [1.82, 2.24) is 9.78 Å². The van der Waals surface area contributed by atoms with Crippen molar-refractivity contribution in [2.24, 2.45) is 0 Å². The largest absolute Gasteiger partial charge is 0.410 e. The van der Waals surface area contributed by atoms with Crippen LogP contribution in [0, 0.1) is 0 Å². The number of carbonyl (C=O) groups excluding carboxylic acids is 1. The van der Waals surface area contributed by atoms with Gasteiger partial charge < -0.3 is 10.6 Å². The highest BCUT2D eigenvalue weighted by Gasteiger charge is 2.48. The second kappa shape index (κ2) is 7.77. The van der Waals surface area contributed by atoms with Gasteiger partial charge in [0.15, 0.2) is 11.7 Å². The van der Waals surface area contributed by atoms with Gasteiger partial charge >= 0.3 is 6.18 Å². The van der Waals surface area contributed by atoms with Crippen LogP contribution < -0.4 is 10.6 Å². The SMILES string of the molecule is O=C(Nc1ccc(Br)cc1)c1nn2c(c1Br)N[C@@H](c1cccs1)C[C@@H]2C(F)(F)F. The molecule has 5 nitrogen and oxygen atoms in total. The van der Waals surface area contributed by atoms with Crippen LogP contribution in [0.2, 0.25) is 0 Å². The molecule has 0 radical (unpaired) electrons. The Morgan fingerprint density at radius 2 is 1.97 bits per heavy atom. The number of amides is 1. The average molecular weight is 550 g/mol. The highest BCUT2D eigenvalue weighted by Crippen LogP contribution is 2.46. The lowest BCUT2D eigenvalue weighted by Gasteiger charge is -2.33. The summed E-state index contributed by atoms with van der Waals surface area (Å²) >= 11 is 7.95. The number of thiophene rings is 1. The summed E-state index contributed by atoms with van der Waals surface area (Å²) in [6, 6.07) is 8.07. The Morgan fingerprint density at radius 1 is 1.24 bits per heavy atom. The van der Waals surface area contributed by atoms with Crippen LogP contribution in [0.5, 0.6) is 0 Å². The van der Waals surface area contributed by atoms with Gasteiger partial charge in [-0.15, -0.1) is 11.3 Å². The van der Waals surface area contributed by atoms with Crippen molar-refractivity contribution in [3.63, 3.8) is 0 Å². The zero-order chi connectivity index (χ0) is 20.8. The van der Waals surface area contributed by atoms with Crippen LogP contribution in [0.15, 0.2) is 50.7 Å². The topological polar surface area (TPSA) is 59.0 Å². The van der Waals surface area contributed by atoms with Crippen molar-refractivity contribution < 1.29 is 18.0 Å². The molecule has 1 aliphatic rings. The van der Waals surface area contributed by atoms with E-state index in [1.54, 1.807) is 36.4 Å². The lowest BCUT2D eigenvalue weighted by Crippen LogP contribution is -2.35. The van der Waals surface area contributed by atoms with Gasteiger partial charge in [0.25, 0.3) is 5.91 Å². The smallest absolute Gasteiger partial charge is 0.362 e. The number of benzene rings is 1. The zero-order valence-corrected chi connectivity index (χ0v) is 18.5. The lowest BCUT2D eigenvalue weighted by molar-refractivity contribution is -0.173. The third-order valence-corrected chi connectivity index (χ3v) is 6.77. The van der Waals surface area contributed by atoms with Crippen LogP contribution in [0.4, 0.5) is 24.7 Å². The molecule has 1 amide bonds. The Morgan fingerprint density at radius 3 is 2.59 bits per heavy atom. The number of halogens is 5. The van der Waals surface area contributed by atoms with Crippen LogP contribution in [-0.4, -0.2) is 21.9 Å².